The maximum absolute atomic E-state index is 9.18. The minimum Gasteiger partial charge on any atom is -0.192 e. The van der Waals surface area contributed by atoms with E-state index in [9.17, 15) is 5.26 Å². The third-order valence-corrected chi connectivity index (χ3v) is 3.65. The van der Waals surface area contributed by atoms with Crippen molar-refractivity contribution in [2.24, 2.45) is 0 Å². The molecule has 2 rings (SSSR count). The van der Waals surface area contributed by atoms with Gasteiger partial charge in [0.05, 0.1) is 11.6 Å². The summed E-state index contributed by atoms with van der Waals surface area (Å²) in [6.45, 7) is 2.11. The van der Waals surface area contributed by atoms with Gasteiger partial charge in [0, 0.05) is 4.43 Å². The van der Waals surface area contributed by atoms with Crippen LogP contribution in [-0.4, -0.2) is 0 Å². The second-order valence-corrected chi connectivity index (χ2v) is 4.46. The van der Waals surface area contributed by atoms with Crippen molar-refractivity contribution in [2.75, 3.05) is 0 Å². The van der Waals surface area contributed by atoms with Crippen LogP contribution in [0.3, 0.4) is 0 Å². The smallest absolute Gasteiger partial charge is 0.0994 e. The van der Waals surface area contributed by atoms with E-state index < -0.39 is 0 Å². The van der Waals surface area contributed by atoms with Crippen LogP contribution < -0.4 is 0 Å². The van der Waals surface area contributed by atoms with Crippen molar-refractivity contribution in [1.82, 2.24) is 0 Å². The molecule has 0 saturated heterocycles. The summed E-state index contributed by atoms with van der Waals surface area (Å²) in [7, 11) is 0. The Morgan fingerprint density at radius 1 is 1.25 bits per heavy atom. The topological polar surface area (TPSA) is 23.8 Å². The van der Waals surface area contributed by atoms with Gasteiger partial charge in [-0.1, -0.05) is 53.8 Å². The summed E-state index contributed by atoms with van der Waals surface area (Å²) in [5.41, 5.74) is 3.35. The molecule has 0 bridgehead atoms. The Labute approximate surface area is 109 Å². The second-order valence-electron chi connectivity index (χ2n) is 3.70. The lowest BCUT2D eigenvalue weighted by Crippen LogP contribution is -1.96. The van der Waals surface area contributed by atoms with E-state index in [1.807, 2.05) is 12.1 Å². The van der Waals surface area contributed by atoms with Gasteiger partial charge in [-0.15, -0.1) is 0 Å². The first-order valence-electron chi connectivity index (χ1n) is 5.31. The van der Waals surface area contributed by atoms with Gasteiger partial charge >= 0.3 is 0 Å². The van der Waals surface area contributed by atoms with Crippen molar-refractivity contribution in [1.29, 1.82) is 5.26 Å². The lowest BCUT2D eigenvalue weighted by Gasteiger charge is -2.11. The van der Waals surface area contributed by atoms with Gasteiger partial charge in [-0.3, -0.25) is 0 Å². The minimum atomic E-state index is 0.827. The summed E-state index contributed by atoms with van der Waals surface area (Å²) in [4.78, 5) is 0. The summed E-state index contributed by atoms with van der Waals surface area (Å²) in [5, 5.41) is 11.6. The molecule has 0 unspecified atom stereocenters. The number of hydrogen-bond acceptors (Lipinski definition) is 1. The van der Waals surface area contributed by atoms with Crippen LogP contribution in [-0.2, 0) is 10.8 Å². The Morgan fingerprint density at radius 2 is 2.00 bits per heavy atom. The SMILES string of the molecule is CCc1c(C#N)cc2ccccc2c1CI. The third kappa shape index (κ3) is 1.80. The van der Waals surface area contributed by atoms with Crippen LogP contribution in [0.25, 0.3) is 10.8 Å². The molecular formula is C14H12IN. The fourth-order valence-electron chi connectivity index (χ4n) is 2.12. The van der Waals surface area contributed by atoms with Gasteiger partial charge in [0.1, 0.15) is 0 Å². The molecule has 0 aliphatic heterocycles. The average molecular weight is 321 g/mol. The zero-order chi connectivity index (χ0) is 11.5. The highest BCUT2D eigenvalue weighted by Crippen LogP contribution is 2.28. The molecule has 80 valence electrons. The molecule has 16 heavy (non-hydrogen) atoms. The van der Waals surface area contributed by atoms with Crippen LogP contribution in [0.1, 0.15) is 23.6 Å². The number of fused-ring (bicyclic) bond motifs is 1. The number of hydrogen-bond donors (Lipinski definition) is 0. The lowest BCUT2D eigenvalue weighted by atomic mass is 9.94. The predicted molar refractivity (Wildman–Crippen MR) is 75.8 cm³/mol. The first kappa shape index (κ1) is 11.4. The van der Waals surface area contributed by atoms with Crippen molar-refractivity contribution in [3.63, 3.8) is 0 Å². The molecule has 0 aliphatic rings. The molecule has 0 amide bonds. The molecule has 0 heterocycles. The molecule has 0 radical (unpaired) electrons. The number of alkyl halides is 1. The number of halogens is 1. The molecule has 2 heteroatoms. The fraction of sp³-hybridized carbons (Fsp3) is 0.214. The molecule has 0 aromatic heterocycles. The van der Waals surface area contributed by atoms with Crippen LogP contribution >= 0.6 is 22.6 Å². The number of nitrogens with zero attached hydrogens (tertiary/aromatic N) is 1. The second kappa shape index (κ2) is 4.84. The van der Waals surface area contributed by atoms with Crippen molar-refractivity contribution >= 4 is 33.4 Å². The zero-order valence-electron chi connectivity index (χ0n) is 9.13. The normalized spacial score (nSPS) is 10.3. The van der Waals surface area contributed by atoms with Gasteiger partial charge in [-0.25, -0.2) is 0 Å². The Morgan fingerprint density at radius 3 is 2.62 bits per heavy atom. The monoisotopic (exact) mass is 321 g/mol. The maximum Gasteiger partial charge on any atom is 0.0994 e. The predicted octanol–water partition coefficient (Wildman–Crippen LogP) is 4.21. The van der Waals surface area contributed by atoms with Gasteiger partial charge in [-0.2, -0.15) is 5.26 Å². The summed E-state index contributed by atoms with van der Waals surface area (Å²) in [6, 6.07) is 12.6. The maximum atomic E-state index is 9.18. The molecule has 2 aromatic rings. The molecule has 0 atom stereocenters. The Balaban J connectivity index is 2.89. The van der Waals surface area contributed by atoms with Crippen molar-refractivity contribution in [3.05, 3.63) is 47.0 Å². The molecule has 0 N–H and O–H groups in total. The van der Waals surface area contributed by atoms with E-state index in [-0.39, 0.29) is 0 Å². The van der Waals surface area contributed by atoms with E-state index in [1.165, 1.54) is 21.9 Å². The Hall–Kier alpha value is -1.08. The van der Waals surface area contributed by atoms with Crippen molar-refractivity contribution in [2.45, 2.75) is 17.8 Å². The van der Waals surface area contributed by atoms with Gasteiger partial charge in [0.2, 0.25) is 0 Å². The third-order valence-electron chi connectivity index (χ3n) is 2.88. The summed E-state index contributed by atoms with van der Waals surface area (Å²) in [5.74, 6) is 0. The van der Waals surface area contributed by atoms with E-state index in [0.29, 0.717) is 0 Å². The highest BCUT2D eigenvalue weighted by molar-refractivity contribution is 14.1. The minimum absolute atomic E-state index is 0.827. The average Bonchev–Trinajstić information content (AvgIpc) is 2.36. The molecule has 2 aromatic carbocycles. The van der Waals surface area contributed by atoms with Gasteiger partial charge in [0.25, 0.3) is 0 Å². The van der Waals surface area contributed by atoms with E-state index in [0.717, 1.165) is 16.4 Å². The highest BCUT2D eigenvalue weighted by Gasteiger charge is 2.10. The van der Waals surface area contributed by atoms with Crippen LogP contribution in [0.5, 0.6) is 0 Å². The first-order chi connectivity index (χ1) is 7.81. The number of rotatable bonds is 2. The van der Waals surface area contributed by atoms with Gasteiger partial charge < -0.3 is 0 Å². The largest absolute Gasteiger partial charge is 0.192 e. The van der Waals surface area contributed by atoms with E-state index in [4.69, 9.17) is 0 Å². The number of nitriles is 1. The van der Waals surface area contributed by atoms with Gasteiger partial charge in [-0.05, 0) is 34.4 Å². The summed E-state index contributed by atoms with van der Waals surface area (Å²) < 4.78 is 0.955. The van der Waals surface area contributed by atoms with E-state index in [1.54, 1.807) is 0 Å². The quantitative estimate of drug-likeness (QED) is 0.600. The van der Waals surface area contributed by atoms with Crippen molar-refractivity contribution < 1.29 is 0 Å². The fourth-order valence-corrected chi connectivity index (χ4v) is 2.99. The first-order valence-corrected chi connectivity index (χ1v) is 6.84. The van der Waals surface area contributed by atoms with Crippen molar-refractivity contribution in [3.8, 4) is 6.07 Å². The molecule has 0 fully saturated rings. The Bertz CT molecular complexity index is 567. The van der Waals surface area contributed by atoms with E-state index in [2.05, 4.69) is 53.8 Å². The molecule has 1 nitrogen and oxygen atoms in total. The molecule has 0 saturated carbocycles. The lowest BCUT2D eigenvalue weighted by molar-refractivity contribution is 1.11. The zero-order valence-corrected chi connectivity index (χ0v) is 11.3. The van der Waals surface area contributed by atoms with Crippen LogP contribution in [0.4, 0.5) is 0 Å². The summed E-state index contributed by atoms with van der Waals surface area (Å²) >= 11 is 2.37. The highest BCUT2D eigenvalue weighted by atomic mass is 127. The molecule has 0 aliphatic carbocycles. The van der Waals surface area contributed by atoms with Gasteiger partial charge in [0.15, 0.2) is 0 Å². The molecule has 0 spiro atoms. The van der Waals surface area contributed by atoms with E-state index >= 15 is 0 Å². The van der Waals surface area contributed by atoms with Crippen LogP contribution in [0.15, 0.2) is 30.3 Å². The van der Waals surface area contributed by atoms with Crippen LogP contribution in [0.2, 0.25) is 0 Å². The Kier molecular flexibility index (Phi) is 3.45. The molecular weight excluding hydrogens is 309 g/mol. The standard InChI is InChI=1S/C14H12IN/c1-2-12-11(9-16)7-10-5-3-4-6-13(10)14(12)8-15/h3-7H,2,8H2,1H3. The number of benzene rings is 2. The van der Waals surface area contributed by atoms with Crippen LogP contribution in [0, 0.1) is 11.3 Å². The summed E-state index contributed by atoms with van der Waals surface area (Å²) in [6.07, 6.45) is 0.923.